The fourth-order valence-corrected chi connectivity index (χ4v) is 2.90. The molecule has 1 aromatic rings. The minimum absolute atomic E-state index is 0.280. The summed E-state index contributed by atoms with van der Waals surface area (Å²) in [5.74, 6) is -1.90. The van der Waals surface area contributed by atoms with Crippen LogP contribution >= 0.6 is 0 Å². The van der Waals surface area contributed by atoms with Gasteiger partial charge < -0.3 is 11.1 Å². The number of aryl methyl sites for hydroxylation is 1. The van der Waals surface area contributed by atoms with Crippen molar-refractivity contribution in [3.05, 3.63) is 35.9 Å². The van der Waals surface area contributed by atoms with Gasteiger partial charge in [0, 0.05) is 6.42 Å². The van der Waals surface area contributed by atoms with Gasteiger partial charge in [0.2, 0.25) is 11.8 Å². The van der Waals surface area contributed by atoms with E-state index in [1.165, 1.54) is 30.3 Å². The molecular weight excluding hydrogens is 346 g/mol. The van der Waals surface area contributed by atoms with Gasteiger partial charge in [0.05, 0.1) is 6.42 Å². The maximum absolute atomic E-state index is 11.8. The predicted octanol–water partition coefficient (Wildman–Crippen LogP) is 2.22. The van der Waals surface area contributed by atoms with Crippen LogP contribution in [0.15, 0.2) is 30.3 Å². The Morgan fingerprint density at radius 3 is 2.11 bits per heavy atom. The molecule has 0 unspecified atom stereocenters. The third kappa shape index (κ3) is 11.0. The second-order valence-electron chi connectivity index (χ2n) is 6.73. The fourth-order valence-electron chi connectivity index (χ4n) is 2.90. The highest BCUT2D eigenvalue weighted by molar-refractivity contribution is 5.91. The zero-order valence-corrected chi connectivity index (χ0v) is 15.8. The average Bonchev–Trinajstić information content (AvgIpc) is 2.66. The molecule has 1 rings (SSSR count). The summed E-state index contributed by atoms with van der Waals surface area (Å²) in [6.07, 6.45) is 8.53. The molecule has 7 heteroatoms. The highest BCUT2D eigenvalue weighted by Crippen LogP contribution is 2.11. The first-order chi connectivity index (χ1) is 13.0. The van der Waals surface area contributed by atoms with E-state index in [1.807, 2.05) is 6.07 Å². The first kappa shape index (κ1) is 22.6. The van der Waals surface area contributed by atoms with Crippen LogP contribution in [0.1, 0.15) is 63.4 Å². The van der Waals surface area contributed by atoms with Gasteiger partial charge in [-0.2, -0.15) is 0 Å². The molecule has 3 amide bonds. The Morgan fingerprint density at radius 2 is 1.52 bits per heavy atom. The van der Waals surface area contributed by atoms with Gasteiger partial charge in [-0.05, 0) is 24.8 Å². The summed E-state index contributed by atoms with van der Waals surface area (Å²) >= 11 is 0. The summed E-state index contributed by atoms with van der Waals surface area (Å²) in [7, 11) is 0. The fraction of sp³-hybridized carbons (Fsp3) is 0.550. The molecule has 0 aromatic heterocycles. The van der Waals surface area contributed by atoms with E-state index in [-0.39, 0.29) is 18.7 Å². The standard InChI is InChI=1S/C20H31N3O4/c21-18(24)15-17(20(26)23-27)22-19(25)14-10-5-3-1-2-4-7-11-16-12-8-6-9-13-16/h6,8-9,12-13,17,27H,1-5,7,10-11,14-15H2,(H2,21,24)(H,22,25)(H,23,26)/t17-/m1/s1. The smallest absolute Gasteiger partial charge is 0.266 e. The molecule has 0 fully saturated rings. The number of hydrogen-bond acceptors (Lipinski definition) is 4. The Kier molecular flexibility index (Phi) is 11.5. The van der Waals surface area contributed by atoms with E-state index in [2.05, 4.69) is 29.6 Å². The lowest BCUT2D eigenvalue weighted by atomic mass is 10.0. The first-order valence-electron chi connectivity index (χ1n) is 9.58. The van der Waals surface area contributed by atoms with Gasteiger partial charge >= 0.3 is 0 Å². The number of primary amides is 1. The summed E-state index contributed by atoms with van der Waals surface area (Å²) in [4.78, 5) is 34.1. The number of unbranched alkanes of at least 4 members (excludes halogenated alkanes) is 6. The summed E-state index contributed by atoms with van der Waals surface area (Å²) in [5, 5.41) is 11.0. The van der Waals surface area contributed by atoms with Crippen molar-refractivity contribution >= 4 is 17.7 Å². The molecule has 0 radical (unpaired) electrons. The molecule has 0 spiro atoms. The Morgan fingerprint density at radius 1 is 0.926 bits per heavy atom. The average molecular weight is 377 g/mol. The third-order valence-electron chi connectivity index (χ3n) is 4.38. The minimum Gasteiger partial charge on any atom is -0.370 e. The summed E-state index contributed by atoms with van der Waals surface area (Å²) < 4.78 is 0. The van der Waals surface area contributed by atoms with Gasteiger partial charge in [-0.15, -0.1) is 0 Å². The molecule has 0 saturated carbocycles. The Labute approximate surface area is 160 Å². The number of hydrogen-bond donors (Lipinski definition) is 4. The molecule has 0 bridgehead atoms. The van der Waals surface area contributed by atoms with Gasteiger partial charge in [-0.3, -0.25) is 19.6 Å². The van der Waals surface area contributed by atoms with E-state index < -0.39 is 17.9 Å². The molecule has 0 aliphatic heterocycles. The topological polar surface area (TPSA) is 122 Å². The van der Waals surface area contributed by atoms with Crippen LogP contribution < -0.4 is 16.5 Å². The molecule has 150 valence electrons. The monoisotopic (exact) mass is 377 g/mol. The molecule has 0 aliphatic rings. The molecule has 0 saturated heterocycles. The lowest BCUT2D eigenvalue weighted by Gasteiger charge is -2.15. The van der Waals surface area contributed by atoms with E-state index in [0.717, 1.165) is 32.1 Å². The maximum Gasteiger partial charge on any atom is 0.266 e. The third-order valence-corrected chi connectivity index (χ3v) is 4.38. The van der Waals surface area contributed by atoms with Crippen LogP contribution in [0.25, 0.3) is 0 Å². The van der Waals surface area contributed by atoms with Crippen LogP contribution in [0.2, 0.25) is 0 Å². The van der Waals surface area contributed by atoms with Gasteiger partial charge in [-0.1, -0.05) is 62.4 Å². The number of rotatable bonds is 14. The molecular formula is C20H31N3O4. The number of benzene rings is 1. The normalized spacial score (nSPS) is 11.6. The lowest BCUT2D eigenvalue weighted by Crippen LogP contribution is -2.47. The van der Waals surface area contributed by atoms with Crippen LogP contribution in [0.4, 0.5) is 0 Å². The highest BCUT2D eigenvalue weighted by atomic mass is 16.5. The van der Waals surface area contributed by atoms with E-state index >= 15 is 0 Å². The van der Waals surface area contributed by atoms with Gasteiger partial charge in [0.25, 0.3) is 5.91 Å². The van der Waals surface area contributed by atoms with Gasteiger partial charge in [0.15, 0.2) is 0 Å². The Bertz CT molecular complexity index is 578. The second-order valence-corrected chi connectivity index (χ2v) is 6.73. The summed E-state index contributed by atoms with van der Waals surface area (Å²) in [5.41, 5.74) is 7.84. The molecule has 27 heavy (non-hydrogen) atoms. The minimum atomic E-state index is -1.13. The van der Waals surface area contributed by atoms with Crippen molar-refractivity contribution in [1.82, 2.24) is 10.8 Å². The number of hydroxylamine groups is 1. The molecule has 0 heterocycles. The van der Waals surface area contributed by atoms with Crippen LogP contribution in [-0.2, 0) is 20.8 Å². The van der Waals surface area contributed by atoms with Crippen molar-refractivity contribution in [2.45, 2.75) is 70.3 Å². The van der Waals surface area contributed by atoms with Crippen LogP contribution in [0, 0.1) is 0 Å². The quantitative estimate of drug-likeness (QED) is 0.226. The highest BCUT2D eigenvalue weighted by Gasteiger charge is 2.22. The van der Waals surface area contributed by atoms with Crippen LogP contribution in [0.5, 0.6) is 0 Å². The van der Waals surface area contributed by atoms with Crippen molar-refractivity contribution in [2.24, 2.45) is 5.73 Å². The predicted molar refractivity (Wildman–Crippen MR) is 103 cm³/mol. The number of amides is 3. The number of nitrogens with one attached hydrogen (secondary N) is 2. The Balaban J connectivity index is 2.04. The van der Waals surface area contributed by atoms with Crippen molar-refractivity contribution in [1.29, 1.82) is 0 Å². The zero-order valence-electron chi connectivity index (χ0n) is 15.8. The summed E-state index contributed by atoms with van der Waals surface area (Å²) in [6.45, 7) is 0. The van der Waals surface area contributed by atoms with E-state index in [1.54, 1.807) is 0 Å². The summed E-state index contributed by atoms with van der Waals surface area (Å²) in [6, 6.07) is 9.34. The molecule has 7 nitrogen and oxygen atoms in total. The molecule has 0 aliphatic carbocycles. The van der Waals surface area contributed by atoms with E-state index in [4.69, 9.17) is 10.9 Å². The van der Waals surface area contributed by atoms with Gasteiger partial charge in [-0.25, -0.2) is 5.48 Å². The van der Waals surface area contributed by atoms with Crippen LogP contribution in [-0.4, -0.2) is 29.0 Å². The van der Waals surface area contributed by atoms with Gasteiger partial charge in [0.1, 0.15) is 6.04 Å². The van der Waals surface area contributed by atoms with Crippen molar-refractivity contribution in [3.63, 3.8) is 0 Å². The number of carbonyl (C=O) groups excluding carboxylic acids is 3. The second kappa shape index (κ2) is 13.7. The number of carbonyl (C=O) groups is 3. The van der Waals surface area contributed by atoms with E-state index in [0.29, 0.717) is 0 Å². The zero-order chi connectivity index (χ0) is 19.9. The maximum atomic E-state index is 11.8. The molecule has 1 aromatic carbocycles. The molecule has 5 N–H and O–H groups in total. The number of nitrogens with two attached hydrogens (primary N) is 1. The largest absolute Gasteiger partial charge is 0.370 e. The van der Waals surface area contributed by atoms with Crippen molar-refractivity contribution in [3.8, 4) is 0 Å². The van der Waals surface area contributed by atoms with Crippen molar-refractivity contribution in [2.75, 3.05) is 0 Å². The lowest BCUT2D eigenvalue weighted by molar-refractivity contribution is -0.136. The first-order valence-corrected chi connectivity index (χ1v) is 9.58. The van der Waals surface area contributed by atoms with E-state index in [9.17, 15) is 14.4 Å². The van der Waals surface area contributed by atoms with Crippen molar-refractivity contribution < 1.29 is 19.6 Å². The molecule has 1 atom stereocenters. The Hall–Kier alpha value is -2.41. The van der Waals surface area contributed by atoms with Crippen LogP contribution in [0.3, 0.4) is 0 Å². The SMILES string of the molecule is NC(=O)C[C@@H](NC(=O)CCCCCCCCCc1ccccc1)C(=O)NO.